The molecule has 1 N–H and O–H groups in total. The fourth-order valence-corrected chi connectivity index (χ4v) is 4.85. The van der Waals surface area contributed by atoms with Crippen molar-refractivity contribution in [2.75, 3.05) is 18.8 Å². The number of anilines is 1. The lowest BCUT2D eigenvalue weighted by Crippen LogP contribution is -2.46. The van der Waals surface area contributed by atoms with Crippen molar-refractivity contribution in [1.29, 1.82) is 0 Å². The molecular formula is C28H28N2O7. The topological polar surface area (TPSA) is 107 Å². The van der Waals surface area contributed by atoms with Gasteiger partial charge in [-0.25, -0.2) is 0 Å². The van der Waals surface area contributed by atoms with Gasteiger partial charge in [-0.05, 0) is 55.7 Å². The second-order valence-corrected chi connectivity index (χ2v) is 9.10. The molecule has 1 aromatic heterocycles. The van der Waals surface area contributed by atoms with Crippen molar-refractivity contribution in [1.82, 2.24) is 5.32 Å². The van der Waals surface area contributed by atoms with Crippen molar-refractivity contribution >= 4 is 23.3 Å². The van der Waals surface area contributed by atoms with E-state index in [9.17, 15) is 14.4 Å². The van der Waals surface area contributed by atoms with Gasteiger partial charge in [-0.15, -0.1) is 0 Å². The van der Waals surface area contributed by atoms with Crippen molar-refractivity contribution in [3.05, 3.63) is 71.7 Å². The molecule has 9 nitrogen and oxygen atoms in total. The number of hydrogen-bond donors (Lipinski definition) is 1. The normalized spacial score (nSPS) is 15.3. The molecule has 9 heteroatoms. The predicted molar refractivity (Wildman–Crippen MR) is 134 cm³/mol. The number of carbonyl (C=O) groups excluding carboxylic acids is 3. The number of benzene rings is 2. The Balaban J connectivity index is 1.69. The van der Waals surface area contributed by atoms with E-state index in [-0.39, 0.29) is 41.5 Å². The number of amides is 2. The van der Waals surface area contributed by atoms with Gasteiger partial charge in [0.15, 0.2) is 23.0 Å². The van der Waals surface area contributed by atoms with Crippen molar-refractivity contribution in [2.45, 2.75) is 44.7 Å². The number of nitrogens with zero attached hydrogens (tertiary/aromatic N) is 1. The number of rotatable bonds is 8. The molecular weight excluding hydrogens is 476 g/mol. The SMILES string of the molecule is COc1ccc([C@@H](C(=O)NC2CCCC2)N(C(=O)c2ccco2)c2cc3c(cc2C(C)=O)OCO3)cc1. The Morgan fingerprint density at radius 3 is 2.35 bits per heavy atom. The van der Waals surface area contributed by atoms with E-state index >= 15 is 0 Å². The minimum absolute atomic E-state index is 0.00760. The Kier molecular flexibility index (Phi) is 6.85. The van der Waals surface area contributed by atoms with Crippen LogP contribution in [0.3, 0.4) is 0 Å². The molecule has 1 atom stereocenters. The standard InChI is InChI=1S/C28H28N2O7/c1-17(31)21-14-24-25(37-16-36-24)15-22(21)30(28(33)23-8-5-13-35-23)26(18-9-11-20(34-2)12-10-18)27(32)29-19-6-3-4-7-19/h5,8-15,19,26H,3-4,6-7,16H2,1-2H3,(H,29,32)/t26-/m0/s1. The molecule has 37 heavy (non-hydrogen) atoms. The molecule has 2 aromatic carbocycles. The van der Waals surface area contributed by atoms with E-state index in [0.717, 1.165) is 25.7 Å². The molecule has 2 aliphatic rings. The molecule has 0 radical (unpaired) electrons. The summed E-state index contributed by atoms with van der Waals surface area (Å²) in [6.07, 6.45) is 5.19. The van der Waals surface area contributed by atoms with Crippen molar-refractivity contribution < 1.29 is 33.0 Å². The molecule has 2 heterocycles. The molecule has 1 fully saturated rings. The van der Waals surface area contributed by atoms with Gasteiger partial charge in [-0.1, -0.05) is 25.0 Å². The molecule has 0 saturated heterocycles. The van der Waals surface area contributed by atoms with Gasteiger partial charge >= 0.3 is 0 Å². The molecule has 5 rings (SSSR count). The Labute approximate surface area is 214 Å². The molecule has 0 spiro atoms. The zero-order valence-electron chi connectivity index (χ0n) is 20.7. The smallest absolute Gasteiger partial charge is 0.294 e. The summed E-state index contributed by atoms with van der Waals surface area (Å²) < 4.78 is 21.8. The van der Waals surface area contributed by atoms with Gasteiger partial charge in [0.1, 0.15) is 11.8 Å². The van der Waals surface area contributed by atoms with E-state index in [1.807, 2.05) is 0 Å². The predicted octanol–water partition coefficient (Wildman–Crippen LogP) is 4.67. The summed E-state index contributed by atoms with van der Waals surface area (Å²) in [6, 6.07) is 12.1. The number of hydrogen-bond acceptors (Lipinski definition) is 7. The van der Waals surface area contributed by atoms with E-state index < -0.39 is 11.9 Å². The van der Waals surface area contributed by atoms with E-state index in [1.54, 1.807) is 49.6 Å². The fourth-order valence-electron chi connectivity index (χ4n) is 4.85. The molecule has 1 aliphatic carbocycles. The Bertz CT molecular complexity index is 1290. The largest absolute Gasteiger partial charge is 0.497 e. The van der Waals surface area contributed by atoms with Crippen LogP contribution in [0.5, 0.6) is 17.2 Å². The van der Waals surface area contributed by atoms with E-state index in [4.69, 9.17) is 18.6 Å². The first-order valence-electron chi connectivity index (χ1n) is 12.2. The van der Waals surface area contributed by atoms with Crippen molar-refractivity contribution in [3.8, 4) is 17.2 Å². The number of carbonyl (C=O) groups is 3. The Morgan fingerprint density at radius 2 is 1.73 bits per heavy atom. The Morgan fingerprint density at radius 1 is 1.03 bits per heavy atom. The average Bonchev–Trinajstić information content (AvgIpc) is 3.69. The number of nitrogens with one attached hydrogen (secondary N) is 1. The van der Waals surface area contributed by atoms with Crippen LogP contribution in [0, 0.1) is 0 Å². The van der Waals surface area contributed by atoms with E-state index in [2.05, 4.69) is 5.32 Å². The third-order valence-electron chi connectivity index (χ3n) is 6.72. The van der Waals surface area contributed by atoms with Crippen LogP contribution < -0.4 is 24.4 Å². The minimum Gasteiger partial charge on any atom is -0.497 e. The van der Waals surface area contributed by atoms with E-state index in [0.29, 0.717) is 22.8 Å². The first kappa shape index (κ1) is 24.4. The quantitative estimate of drug-likeness (QED) is 0.444. The van der Waals surface area contributed by atoms with Crippen molar-refractivity contribution in [3.63, 3.8) is 0 Å². The summed E-state index contributed by atoms with van der Waals surface area (Å²) in [7, 11) is 1.55. The van der Waals surface area contributed by atoms with Crippen LogP contribution in [0.15, 0.2) is 59.2 Å². The molecule has 1 saturated carbocycles. The van der Waals surface area contributed by atoms with Crippen LogP contribution in [-0.2, 0) is 4.79 Å². The maximum atomic E-state index is 14.0. The zero-order chi connectivity index (χ0) is 25.9. The highest BCUT2D eigenvalue weighted by molar-refractivity contribution is 6.13. The third-order valence-corrected chi connectivity index (χ3v) is 6.72. The molecule has 1 aliphatic heterocycles. The van der Waals surface area contributed by atoms with Crippen LogP contribution >= 0.6 is 0 Å². The molecule has 3 aromatic rings. The second-order valence-electron chi connectivity index (χ2n) is 9.10. The molecule has 192 valence electrons. The molecule has 0 bridgehead atoms. The van der Waals surface area contributed by atoms with Crippen molar-refractivity contribution in [2.24, 2.45) is 0 Å². The molecule has 2 amide bonds. The van der Waals surface area contributed by atoms with Gasteiger partial charge in [0.2, 0.25) is 12.7 Å². The van der Waals surface area contributed by atoms with E-state index in [1.165, 1.54) is 24.2 Å². The van der Waals surface area contributed by atoms with Gasteiger partial charge in [-0.3, -0.25) is 19.3 Å². The van der Waals surface area contributed by atoms with Gasteiger partial charge in [0, 0.05) is 17.7 Å². The maximum absolute atomic E-state index is 14.0. The fraction of sp³-hybridized carbons (Fsp3) is 0.321. The third kappa shape index (κ3) is 4.89. The summed E-state index contributed by atoms with van der Waals surface area (Å²) in [5, 5.41) is 3.12. The van der Waals surface area contributed by atoms with Crippen LogP contribution in [0.1, 0.15) is 65.1 Å². The minimum atomic E-state index is -1.11. The van der Waals surface area contributed by atoms with Crippen LogP contribution in [-0.4, -0.2) is 37.5 Å². The monoisotopic (exact) mass is 504 g/mol. The van der Waals surface area contributed by atoms with Gasteiger partial charge < -0.3 is 23.9 Å². The number of furan rings is 1. The Hall–Kier alpha value is -4.27. The maximum Gasteiger partial charge on any atom is 0.294 e. The number of methoxy groups -OCH3 is 1. The average molecular weight is 505 g/mol. The first-order chi connectivity index (χ1) is 18.0. The van der Waals surface area contributed by atoms with Gasteiger partial charge in [0.05, 0.1) is 19.1 Å². The van der Waals surface area contributed by atoms with Crippen LogP contribution in [0.2, 0.25) is 0 Å². The zero-order valence-corrected chi connectivity index (χ0v) is 20.7. The summed E-state index contributed by atoms with van der Waals surface area (Å²) in [6.45, 7) is 1.39. The van der Waals surface area contributed by atoms with Gasteiger partial charge in [-0.2, -0.15) is 0 Å². The second kappa shape index (κ2) is 10.4. The summed E-state index contributed by atoms with van der Waals surface area (Å²) in [4.78, 5) is 42.1. The highest BCUT2D eigenvalue weighted by Crippen LogP contribution is 2.42. The lowest BCUT2D eigenvalue weighted by molar-refractivity contribution is -0.123. The lowest BCUT2D eigenvalue weighted by Gasteiger charge is -2.33. The van der Waals surface area contributed by atoms with Crippen LogP contribution in [0.25, 0.3) is 0 Å². The summed E-state index contributed by atoms with van der Waals surface area (Å²) >= 11 is 0. The van der Waals surface area contributed by atoms with Gasteiger partial charge in [0.25, 0.3) is 5.91 Å². The first-order valence-corrected chi connectivity index (χ1v) is 12.2. The number of ketones is 1. The molecule has 0 unspecified atom stereocenters. The summed E-state index contributed by atoms with van der Waals surface area (Å²) in [5.41, 5.74) is 0.986. The number of fused-ring (bicyclic) bond motifs is 1. The lowest BCUT2D eigenvalue weighted by atomic mass is 9.99. The highest BCUT2D eigenvalue weighted by Gasteiger charge is 2.38. The highest BCUT2D eigenvalue weighted by atomic mass is 16.7. The summed E-state index contributed by atoms with van der Waals surface area (Å²) in [5.74, 6) is 0.181. The number of ether oxygens (including phenoxy) is 3. The number of Topliss-reactive ketones (excluding diaryl/α,β-unsaturated/α-hetero) is 1. The van der Waals surface area contributed by atoms with Crippen LogP contribution in [0.4, 0.5) is 5.69 Å².